The van der Waals surface area contributed by atoms with Gasteiger partial charge < -0.3 is 5.32 Å². The van der Waals surface area contributed by atoms with E-state index >= 15 is 0 Å². The molecule has 0 aliphatic carbocycles. The van der Waals surface area contributed by atoms with Gasteiger partial charge in [-0.3, -0.25) is 9.63 Å². The van der Waals surface area contributed by atoms with E-state index in [1.807, 2.05) is 0 Å². The van der Waals surface area contributed by atoms with Crippen LogP contribution >= 0.6 is 27.5 Å². The van der Waals surface area contributed by atoms with Crippen LogP contribution in [0.2, 0.25) is 5.02 Å². The number of hydrogen-bond acceptors (Lipinski definition) is 4. The Morgan fingerprint density at radius 2 is 1.96 bits per heavy atom. The van der Waals surface area contributed by atoms with E-state index in [0.717, 1.165) is 6.07 Å². The lowest BCUT2D eigenvalue weighted by Gasteiger charge is -2.16. The number of amides is 1. The number of nitrogens with one attached hydrogen (secondary N) is 1. The van der Waals surface area contributed by atoms with Crippen LogP contribution < -0.4 is 5.32 Å². The summed E-state index contributed by atoms with van der Waals surface area (Å²) >= 11 is 9.09. The van der Waals surface area contributed by atoms with Crippen molar-refractivity contribution in [2.24, 2.45) is 0 Å². The van der Waals surface area contributed by atoms with E-state index in [1.165, 1.54) is 44.5 Å². The number of rotatable bonds is 5. The maximum atomic E-state index is 13.1. The SMILES string of the molecule is CON(C)S(=O)(=O)c1cc(C(=O)Nc2ccc(F)cc2Br)ccc1Cl. The number of hydrogen-bond donors (Lipinski definition) is 1. The minimum atomic E-state index is -4.02. The molecule has 2 rings (SSSR count). The normalized spacial score (nSPS) is 11.6. The Kier molecular flexibility index (Phi) is 6.17. The predicted octanol–water partition coefficient (Wildman–Crippen LogP) is 3.68. The molecule has 0 aliphatic rings. The van der Waals surface area contributed by atoms with Gasteiger partial charge in [-0.2, -0.15) is 0 Å². The van der Waals surface area contributed by atoms with Crippen molar-refractivity contribution in [3.05, 3.63) is 57.3 Å². The van der Waals surface area contributed by atoms with E-state index in [4.69, 9.17) is 16.4 Å². The van der Waals surface area contributed by atoms with Gasteiger partial charge in [-0.25, -0.2) is 12.8 Å². The number of hydroxylamine groups is 1. The second-order valence-corrected chi connectivity index (χ2v) is 7.99. The van der Waals surface area contributed by atoms with E-state index in [-0.39, 0.29) is 15.5 Å². The van der Waals surface area contributed by atoms with Crippen molar-refractivity contribution in [1.29, 1.82) is 0 Å². The maximum Gasteiger partial charge on any atom is 0.266 e. The van der Waals surface area contributed by atoms with Crippen LogP contribution in [0, 0.1) is 5.82 Å². The molecule has 0 saturated heterocycles. The number of halogens is 3. The fraction of sp³-hybridized carbons (Fsp3) is 0.133. The average molecular weight is 452 g/mol. The molecule has 0 aromatic heterocycles. The van der Waals surface area contributed by atoms with Crippen LogP contribution in [0.5, 0.6) is 0 Å². The Hall–Kier alpha value is -1.52. The molecule has 25 heavy (non-hydrogen) atoms. The zero-order chi connectivity index (χ0) is 18.8. The third-order valence-electron chi connectivity index (χ3n) is 3.25. The van der Waals surface area contributed by atoms with E-state index < -0.39 is 21.7 Å². The first-order valence-corrected chi connectivity index (χ1v) is 9.37. The minimum absolute atomic E-state index is 0.0524. The van der Waals surface area contributed by atoms with Crippen LogP contribution in [0.3, 0.4) is 0 Å². The lowest BCUT2D eigenvalue weighted by Crippen LogP contribution is -2.26. The summed E-state index contributed by atoms with van der Waals surface area (Å²) < 4.78 is 38.8. The highest BCUT2D eigenvalue weighted by Gasteiger charge is 2.25. The quantitative estimate of drug-likeness (QED) is 0.704. The molecule has 0 spiro atoms. The molecule has 0 heterocycles. The largest absolute Gasteiger partial charge is 0.321 e. The standard InChI is InChI=1S/C15H13BrClFN2O4S/c1-20(24-2)25(22,23)14-7-9(3-5-12(14)17)15(21)19-13-6-4-10(18)8-11(13)16/h3-8H,1-2H3,(H,19,21). The van der Waals surface area contributed by atoms with Crippen molar-refractivity contribution in [2.75, 3.05) is 19.5 Å². The van der Waals surface area contributed by atoms with Crippen LogP contribution in [0.1, 0.15) is 10.4 Å². The van der Waals surface area contributed by atoms with Gasteiger partial charge in [0.25, 0.3) is 15.9 Å². The van der Waals surface area contributed by atoms with Gasteiger partial charge in [0.1, 0.15) is 10.7 Å². The van der Waals surface area contributed by atoms with Gasteiger partial charge >= 0.3 is 0 Å². The zero-order valence-corrected chi connectivity index (χ0v) is 16.2. The summed E-state index contributed by atoms with van der Waals surface area (Å²) in [5.41, 5.74) is 0.392. The van der Waals surface area contributed by atoms with E-state index in [0.29, 0.717) is 14.6 Å². The van der Waals surface area contributed by atoms with Crippen LogP contribution in [0.4, 0.5) is 10.1 Å². The Labute approximate surface area is 157 Å². The fourth-order valence-electron chi connectivity index (χ4n) is 1.86. The number of nitrogens with zero attached hydrogens (tertiary/aromatic N) is 1. The third-order valence-corrected chi connectivity index (χ3v) is 6.06. The second kappa shape index (κ2) is 7.79. The first kappa shape index (κ1) is 19.8. The first-order valence-electron chi connectivity index (χ1n) is 6.76. The molecule has 0 fully saturated rings. The molecule has 1 N–H and O–H groups in total. The van der Waals surface area contributed by atoms with Gasteiger partial charge in [0, 0.05) is 17.1 Å². The number of benzene rings is 2. The Morgan fingerprint density at radius 3 is 2.56 bits per heavy atom. The van der Waals surface area contributed by atoms with Crippen molar-refractivity contribution >= 4 is 49.1 Å². The molecule has 0 atom stereocenters. The van der Waals surface area contributed by atoms with Crippen molar-refractivity contribution in [2.45, 2.75) is 4.90 Å². The summed E-state index contributed by atoms with van der Waals surface area (Å²) in [5, 5.41) is 2.51. The topological polar surface area (TPSA) is 75.7 Å². The summed E-state index contributed by atoms with van der Waals surface area (Å²) in [6.45, 7) is 0. The van der Waals surface area contributed by atoms with Gasteiger partial charge in [-0.05, 0) is 52.3 Å². The van der Waals surface area contributed by atoms with Gasteiger partial charge in [-0.1, -0.05) is 16.1 Å². The smallest absolute Gasteiger partial charge is 0.266 e. The Morgan fingerprint density at radius 1 is 1.28 bits per heavy atom. The molecular formula is C15H13BrClFN2O4S. The molecule has 0 aliphatic heterocycles. The van der Waals surface area contributed by atoms with Crippen molar-refractivity contribution in [3.8, 4) is 0 Å². The third kappa shape index (κ3) is 4.36. The summed E-state index contributed by atoms with van der Waals surface area (Å²) in [4.78, 5) is 16.8. The lowest BCUT2D eigenvalue weighted by atomic mass is 10.2. The van der Waals surface area contributed by atoms with E-state index in [1.54, 1.807) is 0 Å². The number of carbonyl (C=O) groups excluding carboxylic acids is 1. The predicted molar refractivity (Wildman–Crippen MR) is 95.5 cm³/mol. The van der Waals surface area contributed by atoms with Crippen molar-refractivity contribution < 1.29 is 22.4 Å². The van der Waals surface area contributed by atoms with Gasteiger partial charge in [0.15, 0.2) is 0 Å². The number of carbonyl (C=O) groups is 1. The van der Waals surface area contributed by atoms with Crippen LogP contribution in [0.15, 0.2) is 45.8 Å². The van der Waals surface area contributed by atoms with Gasteiger partial charge in [0.2, 0.25) is 0 Å². The van der Waals surface area contributed by atoms with Crippen LogP contribution in [0.25, 0.3) is 0 Å². The molecule has 1 amide bonds. The average Bonchev–Trinajstić information content (AvgIpc) is 2.56. The first-order chi connectivity index (χ1) is 11.7. The summed E-state index contributed by atoms with van der Waals surface area (Å²) in [5.74, 6) is -1.05. The van der Waals surface area contributed by atoms with Gasteiger partial charge in [0.05, 0.1) is 17.8 Å². The van der Waals surface area contributed by atoms with Crippen molar-refractivity contribution in [3.63, 3.8) is 0 Å². The van der Waals surface area contributed by atoms with Crippen LogP contribution in [-0.4, -0.2) is 33.0 Å². The number of anilines is 1. The Bertz CT molecular complexity index is 924. The molecule has 6 nitrogen and oxygen atoms in total. The molecule has 2 aromatic rings. The highest BCUT2D eigenvalue weighted by atomic mass is 79.9. The maximum absolute atomic E-state index is 13.1. The Balaban J connectivity index is 2.37. The van der Waals surface area contributed by atoms with E-state index in [2.05, 4.69) is 21.2 Å². The molecule has 0 unspecified atom stereocenters. The minimum Gasteiger partial charge on any atom is -0.321 e. The molecule has 2 aromatic carbocycles. The molecular weight excluding hydrogens is 439 g/mol. The van der Waals surface area contributed by atoms with Crippen molar-refractivity contribution in [1.82, 2.24) is 4.47 Å². The number of sulfonamides is 1. The monoisotopic (exact) mass is 450 g/mol. The van der Waals surface area contributed by atoms with E-state index in [9.17, 15) is 17.6 Å². The zero-order valence-electron chi connectivity index (χ0n) is 13.1. The summed E-state index contributed by atoms with van der Waals surface area (Å²) in [6, 6.07) is 7.57. The molecule has 0 bridgehead atoms. The fourth-order valence-corrected chi connectivity index (χ4v) is 3.79. The summed E-state index contributed by atoms with van der Waals surface area (Å²) in [7, 11) is -1.63. The molecule has 134 valence electrons. The second-order valence-electron chi connectivity index (χ2n) is 4.82. The highest BCUT2D eigenvalue weighted by Crippen LogP contribution is 2.27. The van der Waals surface area contributed by atoms with Gasteiger partial charge in [-0.15, -0.1) is 0 Å². The molecule has 0 saturated carbocycles. The lowest BCUT2D eigenvalue weighted by molar-refractivity contribution is -0.0258. The highest BCUT2D eigenvalue weighted by molar-refractivity contribution is 9.10. The van der Waals surface area contributed by atoms with Crippen LogP contribution in [-0.2, 0) is 14.9 Å². The molecule has 10 heteroatoms. The summed E-state index contributed by atoms with van der Waals surface area (Å²) in [6.07, 6.45) is 0. The molecule has 0 radical (unpaired) electrons.